The van der Waals surface area contributed by atoms with E-state index in [9.17, 15) is 4.79 Å². The number of hydrogen-bond acceptors (Lipinski definition) is 3. The Morgan fingerprint density at radius 2 is 2.15 bits per heavy atom. The van der Waals surface area contributed by atoms with Crippen molar-refractivity contribution in [3.05, 3.63) is 52.8 Å². The molecular weight excluding hydrogens is 328 g/mol. The standard InChI is InChI=1S/C20H26N4O2/c1-21-20(25)23-11-6-5-9-18(23)19-16-14-26-12-10-17(16)24(22-19)13-15-7-3-2-4-8-15/h2-4,7-8,18H,5-6,9-14H2,1H3,(H,21,25). The zero-order chi connectivity index (χ0) is 17.9. The lowest BCUT2D eigenvalue weighted by Gasteiger charge is -2.35. The number of likely N-dealkylation sites (tertiary alicyclic amines) is 1. The van der Waals surface area contributed by atoms with Crippen molar-refractivity contribution in [3.8, 4) is 0 Å². The number of fused-ring (bicyclic) bond motifs is 1. The molecule has 6 heteroatoms. The molecule has 138 valence electrons. The summed E-state index contributed by atoms with van der Waals surface area (Å²) in [4.78, 5) is 14.3. The highest BCUT2D eigenvalue weighted by atomic mass is 16.5. The molecule has 3 heterocycles. The fourth-order valence-corrected chi connectivity index (χ4v) is 4.09. The largest absolute Gasteiger partial charge is 0.376 e. The molecule has 1 saturated heterocycles. The lowest BCUT2D eigenvalue weighted by molar-refractivity contribution is 0.105. The molecule has 1 fully saturated rings. The molecule has 1 N–H and O–H groups in total. The van der Waals surface area contributed by atoms with E-state index in [1.807, 2.05) is 11.0 Å². The lowest BCUT2D eigenvalue weighted by Crippen LogP contribution is -2.43. The van der Waals surface area contributed by atoms with Crippen LogP contribution in [-0.2, 0) is 24.3 Å². The van der Waals surface area contributed by atoms with Crippen LogP contribution >= 0.6 is 0 Å². The molecule has 2 amide bonds. The van der Waals surface area contributed by atoms with Gasteiger partial charge in [-0.1, -0.05) is 30.3 Å². The first-order valence-corrected chi connectivity index (χ1v) is 9.46. The van der Waals surface area contributed by atoms with E-state index < -0.39 is 0 Å². The minimum absolute atomic E-state index is 0.0159. The Morgan fingerprint density at radius 1 is 1.31 bits per heavy atom. The third-order valence-corrected chi connectivity index (χ3v) is 5.40. The molecule has 0 bridgehead atoms. The number of ether oxygens (including phenoxy) is 1. The first-order valence-electron chi connectivity index (χ1n) is 9.46. The fraction of sp³-hybridized carbons (Fsp3) is 0.500. The minimum atomic E-state index is -0.0159. The van der Waals surface area contributed by atoms with Crippen molar-refractivity contribution in [2.75, 3.05) is 20.2 Å². The lowest BCUT2D eigenvalue weighted by atomic mass is 9.95. The van der Waals surface area contributed by atoms with Crippen LogP contribution in [0.15, 0.2) is 30.3 Å². The van der Waals surface area contributed by atoms with E-state index in [0.717, 1.165) is 51.1 Å². The maximum absolute atomic E-state index is 12.4. The molecule has 0 radical (unpaired) electrons. The van der Waals surface area contributed by atoms with Crippen molar-refractivity contribution in [1.29, 1.82) is 0 Å². The number of aromatic nitrogens is 2. The molecule has 0 spiro atoms. The van der Waals surface area contributed by atoms with Gasteiger partial charge in [-0.25, -0.2) is 4.79 Å². The van der Waals surface area contributed by atoms with E-state index in [2.05, 4.69) is 34.3 Å². The molecule has 26 heavy (non-hydrogen) atoms. The second-order valence-electron chi connectivity index (χ2n) is 7.02. The third-order valence-electron chi connectivity index (χ3n) is 5.40. The van der Waals surface area contributed by atoms with Crippen LogP contribution in [0.25, 0.3) is 0 Å². The summed E-state index contributed by atoms with van der Waals surface area (Å²) in [5.41, 5.74) is 4.71. The van der Waals surface area contributed by atoms with Crippen LogP contribution in [0.3, 0.4) is 0 Å². The Bertz CT molecular complexity index is 772. The maximum Gasteiger partial charge on any atom is 0.317 e. The Labute approximate surface area is 154 Å². The van der Waals surface area contributed by atoms with Crippen molar-refractivity contribution in [2.45, 2.75) is 44.9 Å². The third kappa shape index (κ3) is 3.21. The number of amides is 2. The zero-order valence-corrected chi connectivity index (χ0v) is 15.3. The van der Waals surface area contributed by atoms with E-state index in [1.54, 1.807) is 7.05 Å². The second kappa shape index (κ2) is 7.50. The maximum atomic E-state index is 12.4. The number of nitrogens with zero attached hydrogens (tertiary/aromatic N) is 3. The highest BCUT2D eigenvalue weighted by molar-refractivity contribution is 5.74. The summed E-state index contributed by atoms with van der Waals surface area (Å²) in [5, 5.41) is 7.78. The van der Waals surface area contributed by atoms with Crippen molar-refractivity contribution in [3.63, 3.8) is 0 Å². The van der Waals surface area contributed by atoms with Crippen molar-refractivity contribution < 1.29 is 9.53 Å². The molecule has 2 aliphatic rings. The van der Waals surface area contributed by atoms with Crippen molar-refractivity contribution >= 4 is 6.03 Å². The number of piperidine rings is 1. The van der Waals surface area contributed by atoms with Gasteiger partial charge in [-0.15, -0.1) is 0 Å². The molecule has 1 aromatic heterocycles. The molecule has 1 aromatic carbocycles. The quantitative estimate of drug-likeness (QED) is 0.922. The molecule has 2 aromatic rings. The van der Waals surface area contributed by atoms with Gasteiger partial charge in [0.25, 0.3) is 0 Å². The van der Waals surface area contributed by atoms with Gasteiger partial charge in [-0.2, -0.15) is 5.10 Å². The summed E-state index contributed by atoms with van der Waals surface area (Å²) in [7, 11) is 1.70. The summed E-state index contributed by atoms with van der Waals surface area (Å²) < 4.78 is 7.86. The van der Waals surface area contributed by atoms with Gasteiger partial charge in [0.05, 0.1) is 31.5 Å². The Hall–Kier alpha value is -2.34. The topological polar surface area (TPSA) is 59.4 Å². The van der Waals surface area contributed by atoms with E-state index in [4.69, 9.17) is 9.84 Å². The number of carbonyl (C=O) groups excluding carboxylic acids is 1. The average Bonchev–Trinajstić information content (AvgIpc) is 3.06. The number of nitrogens with one attached hydrogen (secondary N) is 1. The van der Waals surface area contributed by atoms with Crippen LogP contribution in [0.1, 0.15) is 47.8 Å². The predicted molar refractivity (Wildman–Crippen MR) is 98.9 cm³/mol. The molecule has 1 atom stereocenters. The van der Waals surface area contributed by atoms with Gasteiger partial charge >= 0.3 is 6.03 Å². The van der Waals surface area contributed by atoms with E-state index in [1.165, 1.54) is 16.8 Å². The summed E-state index contributed by atoms with van der Waals surface area (Å²) in [6.07, 6.45) is 4.01. The molecular formula is C20H26N4O2. The van der Waals surface area contributed by atoms with E-state index in [0.29, 0.717) is 6.61 Å². The van der Waals surface area contributed by atoms with Crippen LogP contribution in [0.4, 0.5) is 4.79 Å². The van der Waals surface area contributed by atoms with Gasteiger partial charge in [-0.3, -0.25) is 4.68 Å². The molecule has 6 nitrogen and oxygen atoms in total. The van der Waals surface area contributed by atoms with Gasteiger partial charge in [0.1, 0.15) is 0 Å². The summed E-state index contributed by atoms with van der Waals surface area (Å²) >= 11 is 0. The van der Waals surface area contributed by atoms with E-state index >= 15 is 0 Å². The van der Waals surface area contributed by atoms with Crippen LogP contribution in [0.2, 0.25) is 0 Å². The smallest absolute Gasteiger partial charge is 0.317 e. The molecule has 1 unspecified atom stereocenters. The summed E-state index contributed by atoms with van der Waals surface area (Å²) in [5.74, 6) is 0. The van der Waals surface area contributed by atoms with Gasteiger partial charge in [0.2, 0.25) is 0 Å². The highest BCUT2D eigenvalue weighted by Crippen LogP contribution is 2.35. The molecule has 0 aliphatic carbocycles. The average molecular weight is 354 g/mol. The van der Waals surface area contributed by atoms with Crippen LogP contribution < -0.4 is 5.32 Å². The SMILES string of the molecule is CNC(=O)N1CCCCC1c1nn(Cc2ccccc2)c2c1COCC2. The predicted octanol–water partition coefficient (Wildman–Crippen LogP) is 2.87. The summed E-state index contributed by atoms with van der Waals surface area (Å²) in [6, 6.07) is 10.4. The number of urea groups is 1. The zero-order valence-electron chi connectivity index (χ0n) is 15.3. The van der Waals surface area contributed by atoms with Crippen LogP contribution in [0, 0.1) is 0 Å². The number of rotatable bonds is 3. The summed E-state index contributed by atoms with van der Waals surface area (Å²) in [6.45, 7) is 2.87. The molecule has 4 rings (SSSR count). The van der Waals surface area contributed by atoms with Crippen molar-refractivity contribution in [2.24, 2.45) is 0 Å². The second-order valence-corrected chi connectivity index (χ2v) is 7.02. The van der Waals surface area contributed by atoms with Gasteiger partial charge in [0, 0.05) is 31.3 Å². The van der Waals surface area contributed by atoms with Gasteiger partial charge < -0.3 is 15.0 Å². The Kier molecular flexibility index (Phi) is 4.93. The van der Waals surface area contributed by atoms with Crippen molar-refractivity contribution in [1.82, 2.24) is 20.0 Å². The Morgan fingerprint density at radius 3 is 2.96 bits per heavy atom. The molecule has 2 aliphatic heterocycles. The monoisotopic (exact) mass is 354 g/mol. The normalized spacial score (nSPS) is 19.9. The van der Waals surface area contributed by atoms with Crippen LogP contribution in [-0.4, -0.2) is 40.9 Å². The highest BCUT2D eigenvalue weighted by Gasteiger charge is 2.33. The first kappa shape index (κ1) is 17.1. The van der Waals surface area contributed by atoms with Crippen LogP contribution in [0.5, 0.6) is 0 Å². The number of benzene rings is 1. The number of hydrogen-bond donors (Lipinski definition) is 1. The first-order chi connectivity index (χ1) is 12.8. The minimum Gasteiger partial charge on any atom is -0.376 e. The fourth-order valence-electron chi connectivity index (χ4n) is 4.09. The Balaban J connectivity index is 1.70. The molecule has 0 saturated carbocycles. The number of carbonyl (C=O) groups is 1. The van der Waals surface area contributed by atoms with Gasteiger partial charge in [0.15, 0.2) is 0 Å². The van der Waals surface area contributed by atoms with E-state index in [-0.39, 0.29) is 12.1 Å². The van der Waals surface area contributed by atoms with Gasteiger partial charge in [-0.05, 0) is 24.8 Å².